The summed E-state index contributed by atoms with van der Waals surface area (Å²) in [6.45, 7) is 0. The van der Waals surface area contributed by atoms with Crippen LogP contribution in [0.1, 0.15) is 35.1 Å². The zero-order valence-electron chi connectivity index (χ0n) is 32.7. The molecule has 0 amide bonds. The van der Waals surface area contributed by atoms with Crippen molar-refractivity contribution in [3.8, 4) is 5.69 Å². The van der Waals surface area contributed by atoms with E-state index in [0.717, 1.165) is 40.9 Å². The summed E-state index contributed by atoms with van der Waals surface area (Å²) >= 11 is 0. The second kappa shape index (κ2) is 13.3. The fourth-order valence-electron chi connectivity index (χ4n) is 11.6. The number of para-hydroxylation sites is 4. The first kappa shape index (κ1) is 34.2. The zero-order chi connectivity index (χ0) is 39.1. The van der Waals surface area contributed by atoms with Crippen molar-refractivity contribution in [1.29, 1.82) is 0 Å². The minimum atomic E-state index is -0.237. The highest BCUT2D eigenvalue weighted by atomic mass is 19.1. The molecule has 0 saturated heterocycles. The lowest BCUT2D eigenvalue weighted by Gasteiger charge is -2.40. The highest BCUT2D eigenvalue weighted by Gasteiger charge is 2.62. The number of anilines is 6. The molecular formula is C55H42FN3. The SMILES string of the molecule is Fc1ccc(-n2c3ccccc3c3ccc(N(c4ccccc4)c4cccc5c4C46c7c(cccc7N(c7ccccc7)c7ccccc7)CC4CCC6C5)cc32)cc1. The first-order chi connectivity index (χ1) is 29.2. The molecule has 1 heterocycles. The van der Waals surface area contributed by atoms with Gasteiger partial charge in [0, 0.05) is 44.6 Å². The predicted molar refractivity (Wildman–Crippen MR) is 241 cm³/mol. The van der Waals surface area contributed by atoms with Gasteiger partial charge in [-0.05, 0) is 151 Å². The summed E-state index contributed by atoms with van der Waals surface area (Å²) in [4.78, 5) is 5.02. The van der Waals surface area contributed by atoms with E-state index in [1.807, 2.05) is 12.1 Å². The Bertz CT molecular complexity index is 2980. The van der Waals surface area contributed by atoms with E-state index >= 15 is 0 Å². The van der Waals surface area contributed by atoms with Crippen molar-refractivity contribution in [2.75, 3.05) is 9.80 Å². The van der Waals surface area contributed by atoms with E-state index in [0.29, 0.717) is 11.8 Å². The molecule has 59 heavy (non-hydrogen) atoms. The Hall–Kier alpha value is -6.91. The average molecular weight is 764 g/mol. The topological polar surface area (TPSA) is 11.4 Å². The number of halogens is 1. The van der Waals surface area contributed by atoms with Crippen molar-refractivity contribution >= 4 is 55.9 Å². The molecule has 1 saturated carbocycles. The third-order valence-corrected chi connectivity index (χ3v) is 13.7. The fraction of sp³-hybridized carbons (Fsp3) is 0.127. The highest BCUT2D eigenvalue weighted by molar-refractivity contribution is 6.10. The van der Waals surface area contributed by atoms with E-state index in [9.17, 15) is 4.39 Å². The molecule has 3 nitrogen and oxygen atoms in total. The molecule has 9 aromatic rings. The molecular weight excluding hydrogens is 722 g/mol. The van der Waals surface area contributed by atoms with E-state index < -0.39 is 0 Å². The number of fused-ring (bicyclic) bond motifs is 5. The van der Waals surface area contributed by atoms with Gasteiger partial charge in [-0.1, -0.05) is 103 Å². The minimum Gasteiger partial charge on any atom is -0.310 e. The lowest BCUT2D eigenvalue weighted by atomic mass is 9.68. The quantitative estimate of drug-likeness (QED) is 0.160. The fourth-order valence-corrected chi connectivity index (χ4v) is 11.6. The van der Waals surface area contributed by atoms with E-state index in [1.165, 1.54) is 68.6 Å². The van der Waals surface area contributed by atoms with Gasteiger partial charge in [-0.3, -0.25) is 0 Å². The maximum atomic E-state index is 14.3. The first-order valence-electron chi connectivity index (χ1n) is 21.0. The normalized spacial score (nSPS) is 18.7. The molecule has 0 radical (unpaired) electrons. The molecule has 3 atom stereocenters. The van der Waals surface area contributed by atoms with Crippen LogP contribution in [0.25, 0.3) is 27.5 Å². The van der Waals surface area contributed by atoms with Gasteiger partial charge in [0.15, 0.2) is 0 Å². The average Bonchev–Trinajstić information content (AvgIpc) is 4.01. The Morgan fingerprint density at radius 2 is 0.932 bits per heavy atom. The Morgan fingerprint density at radius 1 is 0.441 bits per heavy atom. The number of benzene rings is 8. The van der Waals surface area contributed by atoms with Crippen LogP contribution in [0.4, 0.5) is 38.5 Å². The van der Waals surface area contributed by atoms with Crippen molar-refractivity contribution in [1.82, 2.24) is 4.57 Å². The molecule has 1 aromatic heterocycles. The van der Waals surface area contributed by atoms with Gasteiger partial charge >= 0.3 is 0 Å². The number of hydrogen-bond acceptors (Lipinski definition) is 2. The summed E-state index contributed by atoms with van der Waals surface area (Å²) in [7, 11) is 0. The van der Waals surface area contributed by atoms with Crippen LogP contribution in [0, 0.1) is 17.7 Å². The second-order valence-corrected chi connectivity index (χ2v) is 16.6. The van der Waals surface area contributed by atoms with E-state index in [2.05, 4.69) is 184 Å². The monoisotopic (exact) mass is 763 g/mol. The van der Waals surface area contributed by atoms with Crippen molar-refractivity contribution in [2.24, 2.45) is 11.8 Å². The van der Waals surface area contributed by atoms with Crippen LogP contribution in [0.2, 0.25) is 0 Å². The van der Waals surface area contributed by atoms with Crippen LogP contribution in [0.15, 0.2) is 194 Å². The summed E-state index contributed by atoms with van der Waals surface area (Å²) in [5, 5.41) is 2.35. The van der Waals surface area contributed by atoms with Gasteiger partial charge in [0.2, 0.25) is 0 Å². The summed E-state index contributed by atoms with van der Waals surface area (Å²) in [5.74, 6) is 0.764. The summed E-state index contributed by atoms with van der Waals surface area (Å²) < 4.78 is 16.6. The smallest absolute Gasteiger partial charge is 0.123 e. The molecule has 284 valence electrons. The minimum absolute atomic E-state index is 0.153. The Morgan fingerprint density at radius 3 is 1.49 bits per heavy atom. The molecule has 1 spiro atoms. The second-order valence-electron chi connectivity index (χ2n) is 16.6. The van der Waals surface area contributed by atoms with Gasteiger partial charge in [0.1, 0.15) is 5.82 Å². The van der Waals surface area contributed by atoms with Crippen molar-refractivity contribution in [3.05, 3.63) is 222 Å². The number of hydrogen-bond donors (Lipinski definition) is 0. The maximum Gasteiger partial charge on any atom is 0.123 e. The van der Waals surface area contributed by atoms with E-state index in [-0.39, 0.29) is 11.2 Å². The van der Waals surface area contributed by atoms with Gasteiger partial charge in [-0.25, -0.2) is 4.39 Å². The van der Waals surface area contributed by atoms with Crippen LogP contribution in [0.5, 0.6) is 0 Å². The Labute approximate surface area is 344 Å². The molecule has 4 heteroatoms. The standard InChI is InChI=1S/C55H42FN3/c56-41-28-30-45(31-29-41)59-49-23-11-10-22-47(49)48-33-32-46(36-52(48)59)58(44-20-8-3-9-21-44)51-25-13-15-38-35-40-27-26-39-34-37-14-12-24-50(53(37)55(39,40)54(38)51)57(42-16-4-1-5-17-42)43-18-6-2-7-19-43/h1-25,28-33,36,39-40H,26-27,34-35H2. The van der Waals surface area contributed by atoms with Crippen molar-refractivity contribution in [3.63, 3.8) is 0 Å². The molecule has 8 aromatic carbocycles. The first-order valence-corrected chi connectivity index (χ1v) is 21.0. The van der Waals surface area contributed by atoms with Crippen LogP contribution >= 0.6 is 0 Å². The lowest BCUT2D eigenvalue weighted by Crippen LogP contribution is -2.34. The molecule has 3 unspecified atom stereocenters. The molecule has 3 aliphatic carbocycles. The van der Waals surface area contributed by atoms with Gasteiger partial charge in [-0.2, -0.15) is 0 Å². The largest absolute Gasteiger partial charge is 0.310 e. The van der Waals surface area contributed by atoms with Crippen LogP contribution in [-0.4, -0.2) is 4.57 Å². The summed E-state index contributed by atoms with van der Waals surface area (Å²) in [5.41, 5.74) is 16.0. The van der Waals surface area contributed by atoms with Crippen LogP contribution < -0.4 is 9.80 Å². The van der Waals surface area contributed by atoms with Gasteiger partial charge in [0.05, 0.1) is 22.4 Å². The molecule has 12 rings (SSSR count). The zero-order valence-corrected chi connectivity index (χ0v) is 32.7. The number of nitrogens with zero attached hydrogens (tertiary/aromatic N) is 3. The van der Waals surface area contributed by atoms with E-state index in [4.69, 9.17) is 0 Å². The van der Waals surface area contributed by atoms with E-state index in [1.54, 1.807) is 12.1 Å². The molecule has 3 aliphatic rings. The molecule has 0 bridgehead atoms. The molecule has 1 fully saturated rings. The predicted octanol–water partition coefficient (Wildman–Crippen LogP) is 14.3. The molecule has 0 aliphatic heterocycles. The third kappa shape index (κ3) is 5.05. The van der Waals surface area contributed by atoms with Gasteiger partial charge < -0.3 is 14.4 Å². The summed E-state index contributed by atoms with van der Waals surface area (Å²) in [6, 6.07) is 69.2. The van der Waals surface area contributed by atoms with Crippen LogP contribution in [0.3, 0.4) is 0 Å². The molecule has 0 N–H and O–H groups in total. The number of rotatable bonds is 7. The van der Waals surface area contributed by atoms with Crippen molar-refractivity contribution in [2.45, 2.75) is 31.1 Å². The Kier molecular flexibility index (Phi) is 7.71. The highest BCUT2D eigenvalue weighted by Crippen LogP contribution is 2.68. The van der Waals surface area contributed by atoms with Gasteiger partial charge in [0.25, 0.3) is 0 Å². The Balaban J connectivity index is 1.11. The van der Waals surface area contributed by atoms with Crippen molar-refractivity contribution < 1.29 is 4.39 Å². The third-order valence-electron chi connectivity index (χ3n) is 13.7. The maximum absolute atomic E-state index is 14.3. The number of aromatic nitrogens is 1. The summed E-state index contributed by atoms with van der Waals surface area (Å²) in [6.07, 6.45) is 4.60. The van der Waals surface area contributed by atoms with Crippen LogP contribution in [-0.2, 0) is 18.3 Å². The van der Waals surface area contributed by atoms with Gasteiger partial charge in [-0.15, -0.1) is 0 Å². The lowest BCUT2D eigenvalue weighted by molar-refractivity contribution is 0.350.